The van der Waals surface area contributed by atoms with Crippen molar-refractivity contribution in [3.05, 3.63) is 126 Å². The first-order valence-electron chi connectivity index (χ1n) is 16.1. The van der Waals surface area contributed by atoms with E-state index in [0.29, 0.717) is 25.8 Å². The minimum Gasteiger partial charge on any atom is -0.344 e. The van der Waals surface area contributed by atoms with Crippen LogP contribution in [0.4, 0.5) is 0 Å². The Labute approximate surface area is 278 Å². The topological polar surface area (TPSA) is 99.8 Å². The Kier molecular flexibility index (Phi) is 12.0. The van der Waals surface area contributed by atoms with Crippen LogP contribution in [0.15, 0.2) is 109 Å². The SMILES string of the molecule is CN(CCc1ccncc1)C(=O)C(Cc1ccccc1)N(C)C(=O)[C@@H](Cc1ccc2ccccc2c1)N(C)C(=O)/C=C/CC(C)(C)N. The number of nitrogens with zero attached hydrogens (tertiary/aromatic N) is 4. The second-order valence-electron chi connectivity index (χ2n) is 13.0. The number of likely N-dealkylation sites (N-methyl/N-ethyl adjacent to an activating group) is 3. The molecule has 3 amide bonds. The maximum Gasteiger partial charge on any atom is 0.246 e. The van der Waals surface area contributed by atoms with Gasteiger partial charge in [0, 0.05) is 58.5 Å². The van der Waals surface area contributed by atoms with Crippen molar-refractivity contribution in [1.82, 2.24) is 19.7 Å². The molecule has 0 bridgehead atoms. The van der Waals surface area contributed by atoms with Gasteiger partial charge in [-0.1, -0.05) is 78.9 Å². The molecule has 0 aliphatic carbocycles. The van der Waals surface area contributed by atoms with Crippen molar-refractivity contribution in [2.75, 3.05) is 27.7 Å². The third-order valence-electron chi connectivity index (χ3n) is 8.48. The molecule has 47 heavy (non-hydrogen) atoms. The zero-order chi connectivity index (χ0) is 34.0. The Morgan fingerprint density at radius 3 is 2.04 bits per heavy atom. The first-order chi connectivity index (χ1) is 22.4. The molecule has 4 aromatic rings. The quantitative estimate of drug-likeness (QED) is 0.196. The summed E-state index contributed by atoms with van der Waals surface area (Å²) in [6.45, 7) is 4.27. The van der Waals surface area contributed by atoms with E-state index in [4.69, 9.17) is 5.73 Å². The molecule has 2 N–H and O–H groups in total. The van der Waals surface area contributed by atoms with Gasteiger partial charge in [0.1, 0.15) is 12.1 Å². The molecule has 1 heterocycles. The molecule has 1 unspecified atom stereocenters. The maximum atomic E-state index is 14.5. The molecule has 0 spiro atoms. The second-order valence-corrected chi connectivity index (χ2v) is 13.0. The van der Waals surface area contributed by atoms with Crippen molar-refractivity contribution in [1.29, 1.82) is 0 Å². The Morgan fingerprint density at radius 2 is 1.36 bits per heavy atom. The number of benzene rings is 3. The minimum absolute atomic E-state index is 0.165. The predicted molar refractivity (Wildman–Crippen MR) is 189 cm³/mol. The number of amides is 3. The minimum atomic E-state index is -0.850. The molecule has 0 saturated carbocycles. The molecule has 0 radical (unpaired) electrons. The van der Waals surface area contributed by atoms with Crippen LogP contribution in [0.25, 0.3) is 10.8 Å². The van der Waals surface area contributed by atoms with Gasteiger partial charge in [-0.3, -0.25) is 19.4 Å². The van der Waals surface area contributed by atoms with E-state index in [1.54, 1.807) is 44.5 Å². The molecular formula is C39H47N5O3. The first-order valence-corrected chi connectivity index (χ1v) is 16.1. The predicted octanol–water partition coefficient (Wildman–Crippen LogP) is 5.06. The number of rotatable bonds is 14. The van der Waals surface area contributed by atoms with Crippen molar-refractivity contribution in [2.24, 2.45) is 5.73 Å². The third-order valence-corrected chi connectivity index (χ3v) is 8.48. The first kappa shape index (κ1) is 35.0. The Bertz CT molecular complexity index is 1670. The number of hydrogen-bond donors (Lipinski definition) is 1. The van der Waals surface area contributed by atoms with E-state index in [0.717, 1.165) is 27.5 Å². The number of hydrogen-bond acceptors (Lipinski definition) is 5. The van der Waals surface area contributed by atoms with Gasteiger partial charge in [0.05, 0.1) is 0 Å². The van der Waals surface area contributed by atoms with Crippen molar-refractivity contribution in [3.8, 4) is 0 Å². The van der Waals surface area contributed by atoms with E-state index in [1.165, 1.54) is 15.9 Å². The number of pyridine rings is 1. The normalized spacial score (nSPS) is 12.9. The highest BCUT2D eigenvalue weighted by molar-refractivity contribution is 5.95. The van der Waals surface area contributed by atoms with Crippen LogP contribution in [0, 0.1) is 0 Å². The average Bonchev–Trinajstić information content (AvgIpc) is 3.07. The summed E-state index contributed by atoms with van der Waals surface area (Å²) in [4.78, 5) is 50.9. The second kappa shape index (κ2) is 16.1. The smallest absolute Gasteiger partial charge is 0.246 e. The van der Waals surface area contributed by atoms with Gasteiger partial charge in [-0.25, -0.2) is 0 Å². The van der Waals surface area contributed by atoms with Gasteiger partial charge >= 0.3 is 0 Å². The van der Waals surface area contributed by atoms with Crippen molar-refractivity contribution < 1.29 is 14.4 Å². The van der Waals surface area contributed by atoms with Crippen LogP contribution in [0.2, 0.25) is 0 Å². The molecule has 0 fully saturated rings. The molecule has 8 nitrogen and oxygen atoms in total. The Morgan fingerprint density at radius 1 is 0.745 bits per heavy atom. The summed E-state index contributed by atoms with van der Waals surface area (Å²) in [7, 11) is 5.08. The van der Waals surface area contributed by atoms with Crippen molar-refractivity contribution >= 4 is 28.5 Å². The lowest BCUT2D eigenvalue weighted by Gasteiger charge is -2.36. The van der Waals surface area contributed by atoms with Gasteiger partial charge in [0.25, 0.3) is 0 Å². The molecule has 0 saturated heterocycles. The van der Waals surface area contributed by atoms with Crippen LogP contribution >= 0.6 is 0 Å². The fourth-order valence-corrected chi connectivity index (χ4v) is 5.54. The van der Waals surface area contributed by atoms with Gasteiger partial charge in [0.15, 0.2) is 0 Å². The van der Waals surface area contributed by atoms with E-state index in [2.05, 4.69) is 11.1 Å². The molecule has 4 rings (SSSR count). The van der Waals surface area contributed by atoms with Crippen LogP contribution < -0.4 is 5.73 Å². The summed E-state index contributed by atoms with van der Waals surface area (Å²) in [5.74, 6) is -0.775. The third kappa shape index (κ3) is 10.1. The van der Waals surface area contributed by atoms with Crippen molar-refractivity contribution in [2.45, 2.75) is 57.2 Å². The molecule has 1 aromatic heterocycles. The lowest BCUT2D eigenvalue weighted by atomic mass is 9.98. The number of carbonyl (C=O) groups is 3. The number of aromatic nitrogens is 1. The largest absolute Gasteiger partial charge is 0.344 e. The lowest BCUT2D eigenvalue weighted by molar-refractivity contribution is -0.148. The highest BCUT2D eigenvalue weighted by atomic mass is 16.2. The molecule has 0 aliphatic rings. The Balaban J connectivity index is 1.64. The molecule has 0 aliphatic heterocycles. The summed E-state index contributed by atoms with van der Waals surface area (Å²) in [5, 5.41) is 2.15. The van der Waals surface area contributed by atoms with E-state index in [9.17, 15) is 14.4 Å². The summed E-state index contributed by atoms with van der Waals surface area (Å²) >= 11 is 0. The maximum absolute atomic E-state index is 14.5. The van der Waals surface area contributed by atoms with Gasteiger partial charge in [0.2, 0.25) is 17.7 Å². The molecular weight excluding hydrogens is 586 g/mol. The van der Waals surface area contributed by atoms with Gasteiger partial charge in [-0.05, 0) is 72.4 Å². The zero-order valence-electron chi connectivity index (χ0n) is 28.2. The average molecular weight is 634 g/mol. The van der Waals surface area contributed by atoms with E-state index >= 15 is 0 Å². The van der Waals surface area contributed by atoms with Crippen LogP contribution in [-0.4, -0.2) is 82.7 Å². The van der Waals surface area contributed by atoms with Gasteiger partial charge < -0.3 is 20.4 Å². The standard InChI is InChI=1S/C39H47N5O3/c1-39(2,40)22-11-16-36(45)43(4)35(28-31-17-18-32-14-9-10-15-33(32)26-31)38(47)44(5)34(27-30-12-7-6-8-13-30)37(46)42(3)25-21-29-19-23-41-24-20-29/h6-20,23-24,26,34-35H,21-22,25,27-28,40H2,1-5H3/b16-11+/t34?,35-/m1/s1. The van der Waals surface area contributed by atoms with Gasteiger partial charge in [-0.15, -0.1) is 0 Å². The van der Waals surface area contributed by atoms with Crippen molar-refractivity contribution in [3.63, 3.8) is 0 Å². The van der Waals surface area contributed by atoms with Gasteiger partial charge in [-0.2, -0.15) is 0 Å². The number of nitrogens with two attached hydrogens (primary N) is 1. The molecule has 8 heteroatoms. The lowest BCUT2D eigenvalue weighted by Crippen LogP contribution is -2.56. The van der Waals surface area contributed by atoms with Crippen LogP contribution in [0.3, 0.4) is 0 Å². The van der Waals surface area contributed by atoms with E-state index in [1.807, 2.05) is 92.7 Å². The summed E-state index contributed by atoms with van der Waals surface area (Å²) in [6.07, 6.45) is 8.50. The molecule has 3 aromatic carbocycles. The summed E-state index contributed by atoms with van der Waals surface area (Å²) < 4.78 is 0. The van der Waals surface area contributed by atoms with Crippen LogP contribution in [0.5, 0.6) is 0 Å². The fraction of sp³-hybridized carbons (Fsp3) is 0.333. The monoisotopic (exact) mass is 633 g/mol. The van der Waals surface area contributed by atoms with Crippen LogP contribution in [-0.2, 0) is 33.6 Å². The number of fused-ring (bicyclic) bond motifs is 1. The highest BCUT2D eigenvalue weighted by Gasteiger charge is 2.36. The fourth-order valence-electron chi connectivity index (χ4n) is 5.54. The highest BCUT2D eigenvalue weighted by Crippen LogP contribution is 2.21. The summed E-state index contributed by atoms with van der Waals surface area (Å²) in [5.41, 5.74) is 8.59. The van der Waals surface area contributed by atoms with E-state index in [-0.39, 0.29) is 24.1 Å². The van der Waals surface area contributed by atoms with Crippen LogP contribution in [0.1, 0.15) is 37.0 Å². The Hall–Kier alpha value is -4.82. The summed E-state index contributed by atoms with van der Waals surface area (Å²) in [6, 6.07) is 26.1. The molecule has 246 valence electrons. The zero-order valence-corrected chi connectivity index (χ0v) is 28.2. The van der Waals surface area contributed by atoms with E-state index < -0.39 is 17.6 Å². The number of carbonyl (C=O) groups excluding carboxylic acids is 3. The molecule has 2 atom stereocenters.